The lowest BCUT2D eigenvalue weighted by atomic mass is 10.1. The van der Waals surface area contributed by atoms with Gasteiger partial charge in [-0.3, -0.25) is 14.4 Å². The number of hydrogen-bond acceptors (Lipinski definition) is 10. The topological polar surface area (TPSA) is 194 Å². The Hall–Kier alpha value is -5.29. The van der Waals surface area contributed by atoms with E-state index in [9.17, 15) is 28.0 Å². The largest absolute Gasteiger partial charge is 0.457 e. The van der Waals surface area contributed by atoms with Gasteiger partial charge in [0, 0.05) is 40.9 Å². The van der Waals surface area contributed by atoms with Crippen molar-refractivity contribution in [1.82, 2.24) is 20.9 Å². The molecular weight excluding hydrogens is 678 g/mol. The Morgan fingerprint density at radius 2 is 1.72 bits per heavy atom. The SMILES string of the molecule is CC(C)(C)OC(=O)NCC(NC(=O)[C@@H]1C[C@@H](OC(F)F)CN1C(=O)CNC(=O)c1ccc(Oc2ccccc2)cc1)c1cc(C(N)=NO)cs1. The zero-order chi connectivity index (χ0) is 36.4. The van der Waals surface area contributed by atoms with Gasteiger partial charge in [0.2, 0.25) is 11.8 Å². The minimum absolute atomic E-state index is 0.167. The Kier molecular flexibility index (Phi) is 12.7. The zero-order valence-corrected chi connectivity index (χ0v) is 28.2. The first-order valence-corrected chi connectivity index (χ1v) is 16.3. The summed E-state index contributed by atoms with van der Waals surface area (Å²) in [5, 5.41) is 21.4. The van der Waals surface area contributed by atoms with Crippen molar-refractivity contribution in [3.8, 4) is 11.5 Å². The first-order valence-electron chi connectivity index (χ1n) is 15.4. The van der Waals surface area contributed by atoms with E-state index in [0.29, 0.717) is 21.9 Å². The van der Waals surface area contributed by atoms with Crippen LogP contribution >= 0.6 is 11.3 Å². The van der Waals surface area contributed by atoms with Crippen molar-refractivity contribution in [2.45, 2.75) is 57.6 Å². The van der Waals surface area contributed by atoms with Crippen LogP contribution in [0.2, 0.25) is 0 Å². The summed E-state index contributed by atoms with van der Waals surface area (Å²) in [5.41, 5.74) is 5.48. The van der Waals surface area contributed by atoms with Gasteiger partial charge in [-0.1, -0.05) is 23.4 Å². The number of thiophene rings is 1. The molecule has 1 aromatic heterocycles. The predicted molar refractivity (Wildman–Crippen MR) is 178 cm³/mol. The summed E-state index contributed by atoms with van der Waals surface area (Å²) < 4.78 is 42.0. The number of para-hydroxylation sites is 1. The Morgan fingerprint density at radius 3 is 2.36 bits per heavy atom. The highest BCUT2D eigenvalue weighted by molar-refractivity contribution is 7.10. The van der Waals surface area contributed by atoms with E-state index in [0.717, 1.165) is 16.2 Å². The molecule has 0 bridgehead atoms. The van der Waals surface area contributed by atoms with Crippen molar-refractivity contribution in [3.63, 3.8) is 0 Å². The molecule has 2 heterocycles. The van der Waals surface area contributed by atoms with Crippen LogP contribution in [0, 0.1) is 0 Å². The molecule has 4 amide bonds. The fraction of sp³-hybridized carbons (Fsp3) is 0.364. The third kappa shape index (κ3) is 10.9. The highest BCUT2D eigenvalue weighted by atomic mass is 32.1. The number of halogens is 2. The number of nitrogens with zero attached hydrogens (tertiary/aromatic N) is 2. The Bertz CT molecular complexity index is 1670. The van der Waals surface area contributed by atoms with Crippen LogP contribution in [0.15, 0.2) is 71.2 Å². The number of alkyl carbamates (subject to hydrolysis) is 1. The van der Waals surface area contributed by atoms with E-state index in [2.05, 4.69) is 25.8 Å². The Balaban J connectivity index is 1.44. The summed E-state index contributed by atoms with van der Waals surface area (Å²) in [6.07, 6.45) is -2.19. The van der Waals surface area contributed by atoms with E-state index >= 15 is 0 Å². The number of amides is 4. The molecule has 1 aliphatic rings. The minimum Gasteiger partial charge on any atom is -0.457 e. The molecule has 1 fully saturated rings. The maximum atomic E-state index is 13.7. The number of oxime groups is 1. The number of rotatable bonds is 13. The number of amidine groups is 1. The summed E-state index contributed by atoms with van der Waals surface area (Å²) in [6.45, 7) is 0.843. The number of carbonyl (C=O) groups excluding carboxylic acids is 4. The number of benzene rings is 2. The van der Waals surface area contributed by atoms with Crippen LogP contribution in [-0.4, -0.2) is 83.8 Å². The third-order valence-corrected chi connectivity index (χ3v) is 8.26. The predicted octanol–water partition coefficient (Wildman–Crippen LogP) is 3.96. The molecule has 6 N–H and O–H groups in total. The first kappa shape index (κ1) is 37.5. The number of nitrogens with one attached hydrogen (secondary N) is 3. The molecule has 1 unspecified atom stereocenters. The molecule has 268 valence electrons. The van der Waals surface area contributed by atoms with Gasteiger partial charge in [0.1, 0.15) is 23.1 Å². The van der Waals surface area contributed by atoms with Crippen molar-refractivity contribution in [1.29, 1.82) is 0 Å². The second-order valence-electron chi connectivity index (χ2n) is 12.1. The van der Waals surface area contributed by atoms with E-state index in [1.807, 2.05) is 18.2 Å². The van der Waals surface area contributed by atoms with E-state index in [4.69, 9.17) is 20.4 Å². The van der Waals surface area contributed by atoms with Crippen LogP contribution in [0.25, 0.3) is 0 Å². The summed E-state index contributed by atoms with van der Waals surface area (Å²) in [7, 11) is 0. The smallest absolute Gasteiger partial charge is 0.407 e. The molecule has 1 aliphatic heterocycles. The lowest BCUT2D eigenvalue weighted by molar-refractivity contribution is -0.160. The van der Waals surface area contributed by atoms with Gasteiger partial charge in [0.15, 0.2) is 5.84 Å². The maximum Gasteiger partial charge on any atom is 0.407 e. The molecular formula is C33H38F2N6O8S. The van der Waals surface area contributed by atoms with Gasteiger partial charge in [-0.2, -0.15) is 8.78 Å². The van der Waals surface area contributed by atoms with Gasteiger partial charge in [-0.15, -0.1) is 11.3 Å². The molecule has 0 spiro atoms. The Morgan fingerprint density at radius 1 is 1.04 bits per heavy atom. The van der Waals surface area contributed by atoms with E-state index in [1.54, 1.807) is 50.4 Å². The Labute approximate surface area is 290 Å². The molecule has 3 atom stereocenters. The lowest BCUT2D eigenvalue weighted by Crippen LogP contribution is -2.50. The zero-order valence-electron chi connectivity index (χ0n) is 27.4. The standard InChI is InChI=1S/C33H38F2N6O8S/c1-33(2,3)49-32(45)38-15-24(26-13-20(18-50-26)28(36)40-46)39-30(44)25-14-23(48-31(34)35)17-41(25)27(42)16-37-29(43)19-9-11-22(12-10-19)47-21-7-5-4-6-8-21/h4-13,18,23-25,31,46H,14-17H2,1-3H3,(H2,36,40)(H,37,43)(H,38,45)(H,39,44)/t23-,24?,25+/m1/s1. The number of likely N-dealkylation sites (tertiary alicyclic amines) is 1. The monoisotopic (exact) mass is 716 g/mol. The first-order chi connectivity index (χ1) is 23.7. The number of carbonyl (C=O) groups is 4. The van der Waals surface area contributed by atoms with Gasteiger partial charge in [-0.25, -0.2) is 4.79 Å². The second-order valence-corrected chi connectivity index (χ2v) is 13.0. The van der Waals surface area contributed by atoms with E-state index in [-0.39, 0.29) is 30.9 Å². The highest BCUT2D eigenvalue weighted by Crippen LogP contribution is 2.27. The fourth-order valence-electron chi connectivity index (χ4n) is 4.94. The lowest BCUT2D eigenvalue weighted by Gasteiger charge is -2.27. The average Bonchev–Trinajstić information content (AvgIpc) is 3.73. The van der Waals surface area contributed by atoms with E-state index < -0.39 is 60.8 Å². The highest BCUT2D eigenvalue weighted by Gasteiger charge is 2.42. The average molecular weight is 717 g/mol. The fourth-order valence-corrected chi connectivity index (χ4v) is 5.90. The molecule has 14 nitrogen and oxygen atoms in total. The summed E-state index contributed by atoms with van der Waals surface area (Å²) >= 11 is 1.14. The number of hydrogen-bond donors (Lipinski definition) is 5. The summed E-state index contributed by atoms with van der Waals surface area (Å²) in [4.78, 5) is 53.8. The quantitative estimate of drug-likeness (QED) is 0.0754. The molecule has 0 aliphatic carbocycles. The van der Waals surface area contributed by atoms with Crippen LogP contribution < -0.4 is 26.4 Å². The van der Waals surface area contributed by atoms with Crippen LogP contribution in [-0.2, 0) is 19.1 Å². The normalized spacial score (nSPS) is 16.8. The number of alkyl halides is 2. The van der Waals surface area contributed by atoms with Crippen LogP contribution in [0.5, 0.6) is 11.5 Å². The van der Waals surface area contributed by atoms with Gasteiger partial charge < -0.3 is 46.0 Å². The molecule has 50 heavy (non-hydrogen) atoms. The van der Waals surface area contributed by atoms with Crippen molar-refractivity contribution in [2.24, 2.45) is 10.9 Å². The molecule has 4 rings (SSSR count). The molecule has 17 heteroatoms. The molecule has 0 radical (unpaired) electrons. The van der Waals surface area contributed by atoms with Crippen LogP contribution in [0.4, 0.5) is 13.6 Å². The third-order valence-electron chi connectivity index (χ3n) is 7.21. The van der Waals surface area contributed by atoms with Crippen molar-refractivity contribution in [2.75, 3.05) is 19.6 Å². The van der Waals surface area contributed by atoms with Gasteiger partial charge in [0.05, 0.1) is 18.7 Å². The molecule has 2 aromatic carbocycles. The minimum atomic E-state index is -3.15. The van der Waals surface area contributed by atoms with Crippen molar-refractivity contribution in [3.05, 3.63) is 82.0 Å². The number of nitrogens with two attached hydrogens (primary N) is 1. The number of ether oxygens (including phenoxy) is 3. The molecule has 3 aromatic rings. The van der Waals surface area contributed by atoms with Gasteiger partial charge in [0.25, 0.3) is 5.91 Å². The maximum absolute atomic E-state index is 13.7. The van der Waals surface area contributed by atoms with Crippen LogP contribution in [0.3, 0.4) is 0 Å². The van der Waals surface area contributed by atoms with Gasteiger partial charge >= 0.3 is 12.7 Å². The van der Waals surface area contributed by atoms with Crippen molar-refractivity contribution >= 4 is 41.0 Å². The van der Waals surface area contributed by atoms with Gasteiger partial charge in [-0.05, 0) is 63.2 Å². The summed E-state index contributed by atoms with van der Waals surface area (Å²) in [6, 6.07) is 14.6. The van der Waals surface area contributed by atoms with Crippen molar-refractivity contribution < 1.29 is 47.4 Å². The molecule has 0 saturated carbocycles. The summed E-state index contributed by atoms with van der Waals surface area (Å²) in [5.74, 6) is -1.11. The van der Waals surface area contributed by atoms with Crippen LogP contribution in [0.1, 0.15) is 54.0 Å². The van der Waals surface area contributed by atoms with E-state index in [1.165, 1.54) is 18.2 Å². The molecule has 1 saturated heterocycles. The second kappa shape index (κ2) is 16.9.